The molecule has 1 unspecified atom stereocenters. The molecule has 3 aliphatic rings. The van der Waals surface area contributed by atoms with Gasteiger partial charge in [-0.1, -0.05) is 30.3 Å². The molecule has 0 aromatic heterocycles. The highest BCUT2D eigenvalue weighted by Gasteiger charge is 2.45. The summed E-state index contributed by atoms with van der Waals surface area (Å²) in [5.41, 5.74) is 1.33. The lowest BCUT2D eigenvalue weighted by Gasteiger charge is -2.48. The number of likely N-dealkylation sites (tertiary alicyclic amines) is 2. The Balaban J connectivity index is 1.30. The van der Waals surface area contributed by atoms with E-state index in [0.717, 1.165) is 38.0 Å². The predicted molar refractivity (Wildman–Crippen MR) is 100 cm³/mol. The molecule has 1 spiro atoms. The standard InChI is InChI=1S/C21H29N3O2/c25-19(22-13-17-5-2-1-3-6-17)14-23-12-4-10-21(15-23)11-9-20(26)24(16-21)18-7-8-18/h1-3,5-6,18H,4,7-16H2,(H,22,25). The highest BCUT2D eigenvalue weighted by atomic mass is 16.2. The molecular weight excluding hydrogens is 326 g/mol. The molecule has 1 N–H and O–H groups in total. The average molecular weight is 355 g/mol. The first-order valence-corrected chi connectivity index (χ1v) is 9.96. The Morgan fingerprint density at radius 2 is 1.96 bits per heavy atom. The van der Waals surface area contributed by atoms with E-state index in [1.165, 1.54) is 19.3 Å². The Morgan fingerprint density at radius 3 is 2.73 bits per heavy atom. The second kappa shape index (κ2) is 7.39. The monoisotopic (exact) mass is 355 g/mol. The van der Waals surface area contributed by atoms with Gasteiger partial charge in [0, 0.05) is 37.5 Å². The first-order valence-electron chi connectivity index (χ1n) is 9.96. The zero-order valence-electron chi connectivity index (χ0n) is 15.5. The van der Waals surface area contributed by atoms with E-state index in [2.05, 4.69) is 15.1 Å². The Hall–Kier alpha value is -1.88. The molecule has 2 aliphatic heterocycles. The van der Waals surface area contributed by atoms with Crippen LogP contribution in [0.4, 0.5) is 0 Å². The normalized spacial score (nSPS) is 26.9. The number of piperidine rings is 2. The summed E-state index contributed by atoms with van der Waals surface area (Å²) >= 11 is 0. The zero-order chi connectivity index (χ0) is 18.0. The van der Waals surface area contributed by atoms with Gasteiger partial charge in [-0.25, -0.2) is 0 Å². The largest absolute Gasteiger partial charge is 0.351 e. The van der Waals surface area contributed by atoms with Crippen LogP contribution in [0.2, 0.25) is 0 Å². The van der Waals surface area contributed by atoms with Gasteiger partial charge in [0.2, 0.25) is 11.8 Å². The lowest BCUT2D eigenvalue weighted by molar-refractivity contribution is -0.140. The Labute approximate surface area is 155 Å². The fourth-order valence-electron chi connectivity index (χ4n) is 4.60. The van der Waals surface area contributed by atoms with Crippen LogP contribution >= 0.6 is 0 Å². The van der Waals surface area contributed by atoms with Gasteiger partial charge in [0.25, 0.3) is 0 Å². The molecular formula is C21H29N3O2. The minimum absolute atomic E-state index is 0.0943. The molecule has 1 saturated carbocycles. The van der Waals surface area contributed by atoms with Crippen LogP contribution in [0.1, 0.15) is 44.1 Å². The van der Waals surface area contributed by atoms with Gasteiger partial charge in [-0.2, -0.15) is 0 Å². The van der Waals surface area contributed by atoms with Crippen molar-refractivity contribution in [3.63, 3.8) is 0 Å². The molecule has 1 aliphatic carbocycles. The van der Waals surface area contributed by atoms with Crippen LogP contribution in [-0.2, 0) is 16.1 Å². The topological polar surface area (TPSA) is 52.7 Å². The van der Waals surface area contributed by atoms with Crippen molar-refractivity contribution in [3.05, 3.63) is 35.9 Å². The zero-order valence-corrected chi connectivity index (χ0v) is 15.5. The summed E-state index contributed by atoms with van der Waals surface area (Å²) in [6.07, 6.45) is 6.33. The molecule has 5 nitrogen and oxygen atoms in total. The summed E-state index contributed by atoms with van der Waals surface area (Å²) in [4.78, 5) is 29.0. The molecule has 2 amide bonds. The molecule has 1 aromatic carbocycles. The third-order valence-corrected chi connectivity index (χ3v) is 6.12. The van der Waals surface area contributed by atoms with Gasteiger partial charge >= 0.3 is 0 Å². The van der Waals surface area contributed by atoms with E-state index in [1.54, 1.807) is 0 Å². The van der Waals surface area contributed by atoms with Crippen molar-refractivity contribution >= 4 is 11.8 Å². The molecule has 3 fully saturated rings. The number of carbonyl (C=O) groups excluding carboxylic acids is 2. The third-order valence-electron chi connectivity index (χ3n) is 6.12. The van der Waals surface area contributed by atoms with Crippen LogP contribution in [0.3, 0.4) is 0 Å². The van der Waals surface area contributed by atoms with Gasteiger partial charge in [0.1, 0.15) is 0 Å². The average Bonchev–Trinajstić information content (AvgIpc) is 3.49. The lowest BCUT2D eigenvalue weighted by Crippen LogP contribution is -2.55. The van der Waals surface area contributed by atoms with E-state index in [9.17, 15) is 9.59 Å². The van der Waals surface area contributed by atoms with Crippen LogP contribution in [0, 0.1) is 5.41 Å². The number of hydrogen-bond donors (Lipinski definition) is 1. The third kappa shape index (κ3) is 4.09. The molecule has 2 saturated heterocycles. The van der Waals surface area contributed by atoms with Crippen molar-refractivity contribution in [2.75, 3.05) is 26.2 Å². The molecule has 2 heterocycles. The summed E-state index contributed by atoms with van der Waals surface area (Å²) in [5, 5.41) is 3.04. The van der Waals surface area contributed by atoms with Crippen molar-refractivity contribution < 1.29 is 9.59 Å². The smallest absolute Gasteiger partial charge is 0.234 e. The minimum atomic E-state index is 0.0943. The lowest BCUT2D eigenvalue weighted by atomic mass is 9.73. The van der Waals surface area contributed by atoms with Crippen LogP contribution in [-0.4, -0.2) is 53.8 Å². The van der Waals surface area contributed by atoms with Gasteiger partial charge in [-0.15, -0.1) is 0 Å². The summed E-state index contributed by atoms with van der Waals surface area (Å²) in [6.45, 7) is 3.88. The maximum Gasteiger partial charge on any atom is 0.234 e. The van der Waals surface area contributed by atoms with Gasteiger partial charge in [0.15, 0.2) is 0 Å². The van der Waals surface area contributed by atoms with E-state index in [1.807, 2.05) is 30.3 Å². The van der Waals surface area contributed by atoms with E-state index in [4.69, 9.17) is 0 Å². The molecule has 140 valence electrons. The van der Waals surface area contributed by atoms with Crippen molar-refractivity contribution in [3.8, 4) is 0 Å². The number of rotatable bonds is 5. The maximum atomic E-state index is 12.4. The summed E-state index contributed by atoms with van der Waals surface area (Å²) in [6, 6.07) is 10.5. The summed E-state index contributed by atoms with van der Waals surface area (Å²) in [7, 11) is 0. The Morgan fingerprint density at radius 1 is 1.15 bits per heavy atom. The number of nitrogens with zero attached hydrogens (tertiary/aromatic N) is 2. The fourth-order valence-corrected chi connectivity index (χ4v) is 4.60. The number of nitrogens with one attached hydrogen (secondary N) is 1. The van der Waals surface area contributed by atoms with Gasteiger partial charge < -0.3 is 10.2 Å². The number of benzene rings is 1. The first kappa shape index (κ1) is 17.5. The summed E-state index contributed by atoms with van der Waals surface area (Å²) in [5.74, 6) is 0.438. The van der Waals surface area contributed by atoms with Gasteiger partial charge in [0.05, 0.1) is 6.54 Å². The minimum Gasteiger partial charge on any atom is -0.351 e. The second-order valence-corrected chi connectivity index (χ2v) is 8.33. The number of amides is 2. The fraction of sp³-hybridized carbons (Fsp3) is 0.619. The Kier molecular flexibility index (Phi) is 4.98. The van der Waals surface area contributed by atoms with Gasteiger partial charge in [-0.3, -0.25) is 14.5 Å². The van der Waals surface area contributed by atoms with E-state index < -0.39 is 0 Å². The highest BCUT2D eigenvalue weighted by Crippen LogP contribution is 2.42. The quantitative estimate of drug-likeness (QED) is 0.881. The molecule has 1 atom stereocenters. The molecule has 4 rings (SSSR count). The highest BCUT2D eigenvalue weighted by molar-refractivity contribution is 5.78. The van der Waals surface area contributed by atoms with Gasteiger partial charge in [-0.05, 0) is 44.2 Å². The first-order chi connectivity index (χ1) is 12.6. The van der Waals surface area contributed by atoms with Crippen molar-refractivity contribution in [2.24, 2.45) is 5.41 Å². The molecule has 26 heavy (non-hydrogen) atoms. The Bertz CT molecular complexity index is 658. The van der Waals surface area contributed by atoms with Crippen LogP contribution < -0.4 is 5.32 Å². The predicted octanol–water partition coefficient (Wildman–Crippen LogP) is 2.17. The number of carbonyl (C=O) groups is 2. The van der Waals surface area contributed by atoms with E-state index >= 15 is 0 Å². The number of hydrogen-bond acceptors (Lipinski definition) is 3. The van der Waals surface area contributed by atoms with Crippen LogP contribution in [0.25, 0.3) is 0 Å². The van der Waals surface area contributed by atoms with E-state index in [-0.39, 0.29) is 11.3 Å². The van der Waals surface area contributed by atoms with Crippen molar-refractivity contribution in [1.29, 1.82) is 0 Å². The summed E-state index contributed by atoms with van der Waals surface area (Å²) < 4.78 is 0. The molecule has 1 aromatic rings. The SMILES string of the molecule is O=C(CN1CCCC2(CCC(=O)N(C3CC3)C2)C1)NCc1ccccc1. The van der Waals surface area contributed by atoms with Crippen molar-refractivity contribution in [1.82, 2.24) is 15.1 Å². The van der Waals surface area contributed by atoms with Crippen LogP contribution in [0.5, 0.6) is 0 Å². The van der Waals surface area contributed by atoms with E-state index in [0.29, 0.717) is 31.5 Å². The second-order valence-electron chi connectivity index (χ2n) is 8.33. The van der Waals surface area contributed by atoms with Crippen molar-refractivity contribution in [2.45, 2.75) is 51.1 Å². The molecule has 0 bridgehead atoms. The molecule has 0 radical (unpaired) electrons. The molecule has 5 heteroatoms. The van der Waals surface area contributed by atoms with Crippen LogP contribution in [0.15, 0.2) is 30.3 Å². The maximum absolute atomic E-state index is 12.4.